The molecular weight excluding hydrogens is 518 g/mol. The van der Waals surface area contributed by atoms with Gasteiger partial charge in [-0.1, -0.05) is 15.9 Å². The first-order chi connectivity index (χ1) is 13.7. The first-order valence-corrected chi connectivity index (χ1v) is 9.29. The van der Waals surface area contributed by atoms with Crippen molar-refractivity contribution >= 4 is 60.9 Å². The Hall–Kier alpha value is -2.99. The minimum Gasteiger partial charge on any atom is -0.495 e. The Balaban J connectivity index is 2.35. The van der Waals surface area contributed by atoms with Crippen molar-refractivity contribution in [2.24, 2.45) is 0 Å². The van der Waals surface area contributed by atoms with E-state index in [4.69, 9.17) is 9.47 Å². The zero-order valence-electron chi connectivity index (χ0n) is 15.0. The number of carbonyl (C=O) groups excluding carboxylic acids is 1. The number of hydrogen-bond acceptors (Lipinski definition) is 7. The summed E-state index contributed by atoms with van der Waals surface area (Å²) in [7, 11) is 2.56. The molecule has 1 N–H and O–H groups in total. The second-order valence-electron chi connectivity index (χ2n) is 5.39. The van der Waals surface area contributed by atoms with E-state index >= 15 is 0 Å². The van der Waals surface area contributed by atoms with Crippen molar-refractivity contribution in [1.82, 2.24) is 0 Å². The molecule has 12 heteroatoms. The number of hydrogen-bond donors (Lipinski definition) is 1. The molecule has 0 radical (unpaired) electrons. The molecule has 10 nitrogen and oxygen atoms in total. The van der Waals surface area contributed by atoms with Gasteiger partial charge in [0, 0.05) is 28.2 Å². The smallest absolute Gasteiger partial charge is 0.320 e. The molecule has 0 atom stereocenters. The lowest BCUT2D eigenvalue weighted by Crippen LogP contribution is -2.09. The highest BCUT2D eigenvalue weighted by molar-refractivity contribution is 9.11. The Labute approximate surface area is 181 Å². The van der Waals surface area contributed by atoms with E-state index in [1.165, 1.54) is 19.3 Å². The Kier molecular flexibility index (Phi) is 7.29. The molecular formula is C17H13Br2N3O7. The molecule has 0 saturated heterocycles. The third kappa shape index (κ3) is 5.29. The molecule has 0 spiro atoms. The lowest BCUT2D eigenvalue weighted by Gasteiger charge is -2.08. The van der Waals surface area contributed by atoms with E-state index in [0.29, 0.717) is 15.8 Å². The van der Waals surface area contributed by atoms with Gasteiger partial charge in [-0.2, -0.15) is 0 Å². The molecule has 0 aromatic heterocycles. The molecule has 0 fully saturated rings. The molecule has 1 amide bonds. The van der Waals surface area contributed by atoms with Crippen LogP contribution in [0.4, 0.5) is 17.1 Å². The number of nitrogens with zero attached hydrogens (tertiary/aromatic N) is 2. The number of anilines is 1. The van der Waals surface area contributed by atoms with Gasteiger partial charge in [-0.15, -0.1) is 0 Å². The number of methoxy groups -OCH3 is 2. The maximum absolute atomic E-state index is 12.2. The zero-order chi connectivity index (χ0) is 21.7. The number of nitro groups is 2. The van der Waals surface area contributed by atoms with Gasteiger partial charge in [0.15, 0.2) is 0 Å². The van der Waals surface area contributed by atoms with E-state index in [0.717, 1.165) is 23.7 Å². The third-order valence-corrected chi connectivity index (χ3v) is 4.62. The quantitative estimate of drug-likeness (QED) is 0.311. The molecule has 0 heterocycles. The maximum Gasteiger partial charge on any atom is 0.320 e. The fourth-order valence-electron chi connectivity index (χ4n) is 2.42. The number of nitrogens with one attached hydrogen (secondary N) is 1. The minimum absolute atomic E-state index is 0.124. The summed E-state index contributed by atoms with van der Waals surface area (Å²) < 4.78 is 11.5. The Morgan fingerprint density at radius 1 is 1.00 bits per heavy atom. The van der Waals surface area contributed by atoms with Crippen LogP contribution >= 0.6 is 31.9 Å². The van der Waals surface area contributed by atoms with Crippen molar-refractivity contribution in [2.75, 3.05) is 19.5 Å². The summed E-state index contributed by atoms with van der Waals surface area (Å²) in [6, 6.07) is 5.45. The topological polar surface area (TPSA) is 134 Å². The van der Waals surface area contributed by atoms with Crippen LogP contribution in [0.5, 0.6) is 11.5 Å². The summed E-state index contributed by atoms with van der Waals surface area (Å²) >= 11 is 6.68. The predicted molar refractivity (Wildman–Crippen MR) is 112 cm³/mol. The van der Waals surface area contributed by atoms with Crippen LogP contribution in [0.25, 0.3) is 6.08 Å². The minimum atomic E-state index is -0.832. The van der Waals surface area contributed by atoms with Crippen LogP contribution in [0, 0.1) is 20.2 Å². The van der Waals surface area contributed by atoms with E-state index < -0.39 is 32.9 Å². The van der Waals surface area contributed by atoms with Gasteiger partial charge in [-0.3, -0.25) is 25.0 Å². The van der Waals surface area contributed by atoms with Crippen molar-refractivity contribution in [3.8, 4) is 11.5 Å². The van der Waals surface area contributed by atoms with Gasteiger partial charge in [-0.25, -0.2) is 0 Å². The number of amides is 1. The molecule has 2 rings (SSSR count). The molecule has 29 heavy (non-hydrogen) atoms. The standard InChI is InChI=1S/C17H13Br2N3O7/c1-28-16-9(5-10(18)6-12(16)19)3-4-15(23)20-11-7-13(21(24)25)17(29-2)14(8-11)22(26)27/h3-8H,1-2H3,(H,20,23)/b4-3+. The van der Waals surface area contributed by atoms with Crippen LogP contribution < -0.4 is 14.8 Å². The van der Waals surface area contributed by atoms with Gasteiger partial charge in [0.1, 0.15) is 5.75 Å². The van der Waals surface area contributed by atoms with E-state index in [-0.39, 0.29) is 5.69 Å². The second kappa shape index (κ2) is 9.47. The highest BCUT2D eigenvalue weighted by Crippen LogP contribution is 2.39. The van der Waals surface area contributed by atoms with E-state index in [9.17, 15) is 25.0 Å². The molecule has 0 aliphatic rings. The van der Waals surface area contributed by atoms with Gasteiger partial charge in [-0.05, 0) is 34.1 Å². The highest BCUT2D eigenvalue weighted by Gasteiger charge is 2.28. The van der Waals surface area contributed by atoms with Crippen molar-refractivity contribution in [1.29, 1.82) is 0 Å². The first kappa shape index (κ1) is 22.3. The summed E-state index contributed by atoms with van der Waals surface area (Å²) in [5.41, 5.74) is -0.825. The van der Waals surface area contributed by atoms with Crippen molar-refractivity contribution in [3.05, 3.63) is 65.1 Å². The zero-order valence-corrected chi connectivity index (χ0v) is 18.1. The Morgan fingerprint density at radius 2 is 1.55 bits per heavy atom. The molecule has 2 aromatic rings. The van der Waals surface area contributed by atoms with Gasteiger partial charge in [0.2, 0.25) is 5.91 Å². The average molecular weight is 531 g/mol. The number of ether oxygens (including phenoxy) is 2. The van der Waals surface area contributed by atoms with Gasteiger partial charge in [0.25, 0.3) is 5.75 Å². The number of benzene rings is 2. The molecule has 0 bridgehead atoms. The lowest BCUT2D eigenvalue weighted by molar-refractivity contribution is -0.395. The summed E-state index contributed by atoms with van der Waals surface area (Å²) in [6.45, 7) is 0. The Bertz CT molecular complexity index is 989. The number of nitro benzene ring substituents is 2. The van der Waals surface area contributed by atoms with Crippen molar-refractivity contribution < 1.29 is 24.1 Å². The molecule has 0 unspecified atom stereocenters. The number of carbonyl (C=O) groups is 1. The number of halogens is 2. The molecule has 0 aliphatic carbocycles. The SMILES string of the molecule is COc1c(Br)cc(Br)cc1/C=C/C(=O)Nc1cc([N+](=O)[O-])c(OC)c([N+](=O)[O-])c1. The van der Waals surface area contributed by atoms with Gasteiger partial charge in [0.05, 0.1) is 34.2 Å². The van der Waals surface area contributed by atoms with Crippen LogP contribution in [0.2, 0.25) is 0 Å². The van der Waals surface area contributed by atoms with E-state index in [1.807, 2.05) is 0 Å². The monoisotopic (exact) mass is 529 g/mol. The summed E-state index contributed by atoms with van der Waals surface area (Å²) in [6.07, 6.45) is 2.63. The normalized spacial score (nSPS) is 10.6. The van der Waals surface area contributed by atoms with E-state index in [1.54, 1.807) is 12.1 Å². The third-order valence-electron chi connectivity index (χ3n) is 3.57. The fraction of sp³-hybridized carbons (Fsp3) is 0.118. The summed E-state index contributed by atoms with van der Waals surface area (Å²) in [4.78, 5) is 33.0. The molecule has 0 aliphatic heterocycles. The summed E-state index contributed by atoms with van der Waals surface area (Å²) in [5, 5.41) is 24.8. The van der Waals surface area contributed by atoms with Gasteiger partial charge < -0.3 is 14.8 Å². The average Bonchev–Trinajstić information content (AvgIpc) is 2.65. The van der Waals surface area contributed by atoms with Crippen LogP contribution in [0.3, 0.4) is 0 Å². The van der Waals surface area contributed by atoms with Crippen LogP contribution in [-0.4, -0.2) is 30.0 Å². The van der Waals surface area contributed by atoms with E-state index in [2.05, 4.69) is 37.2 Å². The Morgan fingerprint density at radius 3 is 2.03 bits per heavy atom. The van der Waals surface area contributed by atoms with Gasteiger partial charge >= 0.3 is 11.4 Å². The first-order valence-electron chi connectivity index (χ1n) is 7.70. The second-order valence-corrected chi connectivity index (χ2v) is 7.16. The summed E-state index contributed by atoms with van der Waals surface area (Å²) in [5.74, 6) is -0.665. The molecule has 0 saturated carbocycles. The maximum atomic E-state index is 12.2. The van der Waals surface area contributed by atoms with Crippen LogP contribution in [0.15, 0.2) is 39.3 Å². The highest BCUT2D eigenvalue weighted by atomic mass is 79.9. The van der Waals surface area contributed by atoms with Crippen molar-refractivity contribution in [2.45, 2.75) is 0 Å². The molecule has 2 aromatic carbocycles. The predicted octanol–water partition coefficient (Wildman–Crippen LogP) is 4.70. The molecule has 152 valence electrons. The number of rotatable bonds is 7. The lowest BCUT2D eigenvalue weighted by atomic mass is 10.2. The fourth-order valence-corrected chi connectivity index (χ4v) is 3.84. The largest absolute Gasteiger partial charge is 0.495 e. The van der Waals surface area contributed by atoms with Crippen molar-refractivity contribution in [3.63, 3.8) is 0 Å². The van der Waals surface area contributed by atoms with Crippen LogP contribution in [0.1, 0.15) is 5.56 Å². The van der Waals surface area contributed by atoms with Crippen LogP contribution in [-0.2, 0) is 4.79 Å².